The number of nitrogens with zero attached hydrogens (tertiary/aromatic N) is 2. The Balaban J connectivity index is 2.41. The van der Waals surface area contributed by atoms with Gasteiger partial charge in [0.05, 0.1) is 12.3 Å². The smallest absolute Gasteiger partial charge is 0.231 e. The highest BCUT2D eigenvalue weighted by atomic mass is 32.2. The molecule has 15 heavy (non-hydrogen) atoms. The van der Waals surface area contributed by atoms with Gasteiger partial charge in [-0.1, -0.05) is 17.7 Å². The molecule has 78 valence electrons. The minimum absolute atomic E-state index is 0.150. The summed E-state index contributed by atoms with van der Waals surface area (Å²) in [5, 5.41) is 3.09. The normalized spacial score (nSPS) is 9.27. The van der Waals surface area contributed by atoms with Gasteiger partial charge in [-0.05, 0) is 0 Å². The van der Waals surface area contributed by atoms with Gasteiger partial charge in [-0.3, -0.25) is 4.79 Å². The Morgan fingerprint density at radius 2 is 2.33 bits per heavy atom. The Kier molecular flexibility index (Phi) is 4.44. The van der Waals surface area contributed by atoms with Crippen molar-refractivity contribution in [3.05, 3.63) is 12.4 Å². The van der Waals surface area contributed by atoms with Gasteiger partial charge in [-0.2, -0.15) is 0 Å². The molecule has 0 saturated carbocycles. The first-order valence-electron chi connectivity index (χ1n) is 4.13. The molecular weight excluding hydrogens is 212 g/mol. The number of carbonyl (C=O) groups excluding carboxylic acids is 1. The van der Waals surface area contributed by atoms with Crippen molar-refractivity contribution < 1.29 is 4.79 Å². The minimum Gasteiger partial charge on any atom is -0.381 e. The second-order valence-corrected chi connectivity index (χ2v) is 3.48. The van der Waals surface area contributed by atoms with Gasteiger partial charge in [0.15, 0.2) is 5.82 Å². The van der Waals surface area contributed by atoms with Gasteiger partial charge < -0.3 is 11.1 Å². The van der Waals surface area contributed by atoms with E-state index in [1.807, 2.05) is 0 Å². The van der Waals surface area contributed by atoms with Crippen LogP contribution in [0.5, 0.6) is 0 Å². The van der Waals surface area contributed by atoms with Crippen LogP contribution in [0.3, 0.4) is 0 Å². The molecule has 0 spiro atoms. The van der Waals surface area contributed by atoms with Crippen molar-refractivity contribution in [3.63, 3.8) is 0 Å². The Morgan fingerprint density at radius 1 is 1.60 bits per heavy atom. The third-order valence-corrected chi connectivity index (χ3v) is 2.41. The molecule has 0 aliphatic rings. The highest BCUT2D eigenvalue weighted by Crippen LogP contribution is 2.18. The zero-order chi connectivity index (χ0) is 11.1. The number of hydrogen-bond acceptors (Lipinski definition) is 5. The van der Waals surface area contributed by atoms with Crippen LogP contribution in [0, 0.1) is 12.3 Å². The summed E-state index contributed by atoms with van der Waals surface area (Å²) in [5.41, 5.74) is 5.55. The van der Waals surface area contributed by atoms with Crippen molar-refractivity contribution in [1.29, 1.82) is 0 Å². The highest BCUT2D eigenvalue weighted by Gasteiger charge is 2.05. The molecule has 1 aromatic rings. The number of thioether (sulfide) groups is 1. The Morgan fingerprint density at radius 3 is 3.00 bits per heavy atom. The van der Waals surface area contributed by atoms with E-state index in [4.69, 9.17) is 12.2 Å². The van der Waals surface area contributed by atoms with Gasteiger partial charge in [-0.25, -0.2) is 9.97 Å². The van der Waals surface area contributed by atoms with Gasteiger partial charge in [0.2, 0.25) is 5.91 Å². The second kappa shape index (κ2) is 5.88. The molecule has 0 fully saturated rings. The topological polar surface area (TPSA) is 80.9 Å². The van der Waals surface area contributed by atoms with E-state index in [1.165, 1.54) is 24.2 Å². The van der Waals surface area contributed by atoms with Crippen molar-refractivity contribution in [3.8, 4) is 12.3 Å². The lowest BCUT2D eigenvalue weighted by Crippen LogP contribution is -2.25. The number of amides is 1. The average molecular weight is 222 g/mol. The zero-order valence-electron chi connectivity index (χ0n) is 7.93. The first kappa shape index (κ1) is 11.3. The first-order valence-corrected chi connectivity index (χ1v) is 5.12. The van der Waals surface area contributed by atoms with Crippen molar-refractivity contribution in [2.24, 2.45) is 0 Å². The van der Waals surface area contributed by atoms with E-state index in [9.17, 15) is 4.79 Å². The van der Waals surface area contributed by atoms with Gasteiger partial charge in [0.25, 0.3) is 0 Å². The molecule has 1 amide bonds. The fraction of sp³-hybridized carbons (Fsp3) is 0.222. The number of carbonyl (C=O) groups is 1. The lowest BCUT2D eigenvalue weighted by molar-refractivity contribution is -0.118. The molecule has 1 aromatic heterocycles. The quantitative estimate of drug-likeness (QED) is 0.549. The number of nitrogens with one attached hydrogen (secondary N) is 1. The van der Waals surface area contributed by atoms with E-state index < -0.39 is 0 Å². The summed E-state index contributed by atoms with van der Waals surface area (Å²) in [7, 11) is 0. The number of hydrogen-bond donors (Lipinski definition) is 2. The maximum atomic E-state index is 11.2. The predicted molar refractivity (Wildman–Crippen MR) is 59.0 cm³/mol. The van der Waals surface area contributed by atoms with Crippen molar-refractivity contribution in [2.45, 2.75) is 5.03 Å². The zero-order valence-corrected chi connectivity index (χ0v) is 8.75. The number of nitrogens with two attached hydrogens (primary N) is 1. The first-order chi connectivity index (χ1) is 7.24. The molecule has 1 heterocycles. The molecule has 0 radical (unpaired) electrons. The summed E-state index contributed by atoms with van der Waals surface area (Å²) in [6, 6.07) is 0. The van der Waals surface area contributed by atoms with Gasteiger partial charge in [0.1, 0.15) is 5.03 Å². The van der Waals surface area contributed by atoms with Crippen LogP contribution in [0.4, 0.5) is 5.82 Å². The highest BCUT2D eigenvalue weighted by molar-refractivity contribution is 8.00. The molecule has 5 nitrogen and oxygen atoms in total. The molecule has 0 unspecified atom stereocenters. The molecule has 1 rings (SSSR count). The van der Waals surface area contributed by atoms with Crippen LogP contribution in [0.2, 0.25) is 0 Å². The van der Waals surface area contributed by atoms with Crippen molar-refractivity contribution in [2.75, 3.05) is 18.0 Å². The number of anilines is 1. The maximum absolute atomic E-state index is 11.2. The van der Waals surface area contributed by atoms with E-state index in [0.717, 1.165) is 0 Å². The molecule has 0 bridgehead atoms. The summed E-state index contributed by atoms with van der Waals surface area (Å²) in [6.07, 6.45) is 8.02. The number of terminal acetylenes is 1. The van der Waals surface area contributed by atoms with Crippen molar-refractivity contribution >= 4 is 23.5 Å². The maximum Gasteiger partial charge on any atom is 0.231 e. The number of aromatic nitrogens is 2. The van der Waals surface area contributed by atoms with Gasteiger partial charge in [-0.15, -0.1) is 6.42 Å². The van der Waals surface area contributed by atoms with Crippen LogP contribution >= 0.6 is 11.8 Å². The van der Waals surface area contributed by atoms with Gasteiger partial charge >= 0.3 is 0 Å². The third kappa shape index (κ3) is 3.87. The molecule has 0 aliphatic heterocycles. The van der Waals surface area contributed by atoms with Crippen LogP contribution in [-0.2, 0) is 4.79 Å². The van der Waals surface area contributed by atoms with E-state index in [-0.39, 0.29) is 18.2 Å². The van der Waals surface area contributed by atoms with Crippen LogP contribution in [0.25, 0.3) is 0 Å². The second-order valence-electron chi connectivity index (χ2n) is 2.52. The molecule has 0 aromatic carbocycles. The summed E-state index contributed by atoms with van der Waals surface area (Å²) in [4.78, 5) is 19.0. The van der Waals surface area contributed by atoms with E-state index >= 15 is 0 Å². The lowest BCUT2D eigenvalue weighted by Gasteiger charge is -2.02. The average Bonchev–Trinajstić information content (AvgIpc) is 2.25. The third-order valence-electron chi connectivity index (χ3n) is 1.42. The summed E-state index contributed by atoms with van der Waals surface area (Å²) in [6.45, 7) is 0.231. The van der Waals surface area contributed by atoms with Crippen LogP contribution < -0.4 is 11.1 Å². The van der Waals surface area contributed by atoms with E-state index in [0.29, 0.717) is 10.8 Å². The number of nitrogen functional groups attached to an aromatic ring is 1. The predicted octanol–water partition coefficient (Wildman–Crippen LogP) is -0.0997. The number of rotatable bonds is 4. The molecular formula is C9H10N4OS. The lowest BCUT2D eigenvalue weighted by atomic mass is 10.6. The Bertz CT molecular complexity index is 388. The Labute approximate surface area is 91.9 Å². The standard InChI is InChI=1S/C9H10N4OS/c1-2-3-11-7(14)6-15-9-8(10)12-4-5-13-9/h1,4-5H,3,6H2,(H2,10,12)(H,11,14). The van der Waals surface area contributed by atoms with E-state index in [1.54, 1.807) is 0 Å². The minimum atomic E-state index is -0.150. The largest absolute Gasteiger partial charge is 0.381 e. The molecule has 6 heteroatoms. The summed E-state index contributed by atoms with van der Waals surface area (Å²) in [5.74, 6) is 2.72. The van der Waals surface area contributed by atoms with Crippen LogP contribution in [0.15, 0.2) is 17.4 Å². The molecule has 3 N–H and O–H groups in total. The molecule has 0 atom stereocenters. The van der Waals surface area contributed by atoms with Crippen LogP contribution in [-0.4, -0.2) is 28.2 Å². The fourth-order valence-corrected chi connectivity index (χ4v) is 1.49. The summed E-state index contributed by atoms with van der Waals surface area (Å²) >= 11 is 1.23. The fourth-order valence-electron chi connectivity index (χ4n) is 0.782. The van der Waals surface area contributed by atoms with Crippen LogP contribution in [0.1, 0.15) is 0 Å². The van der Waals surface area contributed by atoms with E-state index in [2.05, 4.69) is 21.2 Å². The Hall–Kier alpha value is -1.74. The molecule has 0 saturated heterocycles. The monoisotopic (exact) mass is 222 g/mol. The van der Waals surface area contributed by atoms with Crippen molar-refractivity contribution in [1.82, 2.24) is 15.3 Å². The summed E-state index contributed by atoms with van der Waals surface area (Å²) < 4.78 is 0. The SMILES string of the molecule is C#CCNC(=O)CSc1nccnc1N. The van der Waals surface area contributed by atoms with Gasteiger partial charge in [0, 0.05) is 12.4 Å². The molecule has 0 aliphatic carbocycles.